The summed E-state index contributed by atoms with van der Waals surface area (Å²) >= 11 is 0. The maximum Gasteiger partial charge on any atom is 0.328 e. The van der Waals surface area contributed by atoms with Crippen LogP contribution in [0.5, 0.6) is 11.5 Å². The summed E-state index contributed by atoms with van der Waals surface area (Å²) in [5.41, 5.74) is 6.35. The summed E-state index contributed by atoms with van der Waals surface area (Å²) in [6.45, 7) is 0. The molecule has 0 fully saturated rings. The van der Waals surface area contributed by atoms with Gasteiger partial charge in [0.25, 0.3) is 0 Å². The lowest BCUT2D eigenvalue weighted by Crippen LogP contribution is -2.39. The lowest BCUT2D eigenvalue weighted by atomic mass is 10.0. The van der Waals surface area contributed by atoms with E-state index in [1.54, 1.807) is 12.1 Å². The van der Waals surface area contributed by atoms with Crippen LogP contribution in [0, 0.1) is 0 Å². The number of nitrogens with two attached hydrogens (primary N) is 1. The van der Waals surface area contributed by atoms with Crippen molar-refractivity contribution >= 4 is 5.97 Å². The highest BCUT2D eigenvalue weighted by Gasteiger charge is 2.24. The van der Waals surface area contributed by atoms with Gasteiger partial charge in [-0.15, -0.1) is 0 Å². The first-order chi connectivity index (χ1) is 6.16. The Hall–Kier alpha value is -1.55. The standard InChI is InChI=1S/C9H9NO3/c10-7-3-5-1-2-6(11)4-8(5)13-9(7)12/h1-2,4,7,11H,3,10H2. The first-order valence-corrected chi connectivity index (χ1v) is 3.96. The summed E-state index contributed by atoms with van der Waals surface area (Å²) in [5.74, 6) is 0.0480. The van der Waals surface area contributed by atoms with Gasteiger partial charge in [0.05, 0.1) is 0 Å². The molecule has 0 bridgehead atoms. The number of aromatic hydroxyl groups is 1. The molecule has 0 spiro atoms. The SMILES string of the molecule is NC1Cc2ccc(O)cc2OC1=O. The topological polar surface area (TPSA) is 72.6 Å². The molecule has 4 nitrogen and oxygen atoms in total. The summed E-state index contributed by atoms with van der Waals surface area (Å²) in [4.78, 5) is 11.0. The molecule has 0 saturated carbocycles. The Bertz CT molecular complexity index is 362. The van der Waals surface area contributed by atoms with Gasteiger partial charge >= 0.3 is 5.97 Å². The molecule has 0 radical (unpaired) electrons. The molecule has 3 N–H and O–H groups in total. The Kier molecular flexibility index (Phi) is 1.70. The van der Waals surface area contributed by atoms with Crippen molar-refractivity contribution in [3.8, 4) is 11.5 Å². The molecule has 0 amide bonds. The molecule has 2 rings (SSSR count). The summed E-state index contributed by atoms with van der Waals surface area (Å²) in [6.07, 6.45) is 0.467. The molecule has 1 aliphatic heterocycles. The molecule has 1 heterocycles. The van der Waals surface area contributed by atoms with Gasteiger partial charge in [0, 0.05) is 12.5 Å². The summed E-state index contributed by atoms with van der Waals surface area (Å²) in [7, 11) is 0. The number of benzene rings is 1. The van der Waals surface area contributed by atoms with Gasteiger partial charge in [-0.05, 0) is 11.6 Å². The predicted octanol–water partition coefficient (Wildman–Crippen LogP) is 0.181. The van der Waals surface area contributed by atoms with Gasteiger partial charge in [-0.2, -0.15) is 0 Å². The van der Waals surface area contributed by atoms with Gasteiger partial charge in [0.15, 0.2) is 0 Å². The van der Waals surface area contributed by atoms with Gasteiger partial charge in [-0.1, -0.05) is 6.07 Å². The average Bonchev–Trinajstić information content (AvgIpc) is 2.08. The molecule has 13 heavy (non-hydrogen) atoms. The lowest BCUT2D eigenvalue weighted by Gasteiger charge is -2.20. The molecule has 1 atom stereocenters. The van der Waals surface area contributed by atoms with Crippen molar-refractivity contribution in [1.29, 1.82) is 0 Å². The second-order valence-corrected chi connectivity index (χ2v) is 3.02. The van der Waals surface area contributed by atoms with Crippen molar-refractivity contribution < 1.29 is 14.6 Å². The van der Waals surface area contributed by atoms with Gasteiger partial charge in [0.1, 0.15) is 17.5 Å². The minimum atomic E-state index is -0.586. The van der Waals surface area contributed by atoms with Crippen LogP contribution in [0.25, 0.3) is 0 Å². The zero-order valence-electron chi connectivity index (χ0n) is 6.86. The van der Waals surface area contributed by atoms with Gasteiger partial charge in [0.2, 0.25) is 0 Å². The molecule has 1 aromatic rings. The van der Waals surface area contributed by atoms with Crippen LogP contribution in [0.4, 0.5) is 0 Å². The van der Waals surface area contributed by atoms with E-state index in [9.17, 15) is 4.79 Å². The monoisotopic (exact) mass is 179 g/mol. The van der Waals surface area contributed by atoms with Crippen molar-refractivity contribution in [3.05, 3.63) is 23.8 Å². The van der Waals surface area contributed by atoms with Crippen molar-refractivity contribution in [2.45, 2.75) is 12.5 Å². The first-order valence-electron chi connectivity index (χ1n) is 3.96. The number of ether oxygens (including phenoxy) is 1. The molecule has 0 aromatic heterocycles. The van der Waals surface area contributed by atoms with Crippen molar-refractivity contribution in [2.75, 3.05) is 0 Å². The van der Waals surface area contributed by atoms with E-state index in [4.69, 9.17) is 15.6 Å². The Labute approximate surface area is 74.9 Å². The molecule has 1 aliphatic rings. The third kappa shape index (κ3) is 1.36. The normalized spacial score (nSPS) is 20.7. The maximum absolute atomic E-state index is 11.0. The quantitative estimate of drug-likeness (QED) is 0.440. The van der Waals surface area contributed by atoms with E-state index >= 15 is 0 Å². The second kappa shape index (κ2) is 2.74. The lowest BCUT2D eigenvalue weighted by molar-refractivity contribution is -0.136. The van der Waals surface area contributed by atoms with Crippen molar-refractivity contribution in [1.82, 2.24) is 0 Å². The third-order valence-electron chi connectivity index (χ3n) is 2.00. The minimum Gasteiger partial charge on any atom is -0.508 e. The Morgan fingerprint density at radius 3 is 3.08 bits per heavy atom. The smallest absolute Gasteiger partial charge is 0.328 e. The largest absolute Gasteiger partial charge is 0.508 e. The van der Waals surface area contributed by atoms with E-state index in [1.807, 2.05) is 0 Å². The van der Waals surface area contributed by atoms with Crippen LogP contribution in [0.1, 0.15) is 5.56 Å². The molecule has 1 unspecified atom stereocenters. The number of carbonyl (C=O) groups excluding carboxylic acids is 1. The van der Waals surface area contributed by atoms with Crippen molar-refractivity contribution in [3.63, 3.8) is 0 Å². The van der Waals surface area contributed by atoms with E-state index < -0.39 is 12.0 Å². The van der Waals surface area contributed by atoms with Crippen LogP contribution >= 0.6 is 0 Å². The van der Waals surface area contributed by atoms with Crippen molar-refractivity contribution in [2.24, 2.45) is 5.73 Å². The fraction of sp³-hybridized carbons (Fsp3) is 0.222. The van der Waals surface area contributed by atoms with Crippen LogP contribution in [-0.4, -0.2) is 17.1 Å². The Morgan fingerprint density at radius 1 is 1.54 bits per heavy atom. The number of hydrogen-bond donors (Lipinski definition) is 2. The zero-order valence-corrected chi connectivity index (χ0v) is 6.86. The van der Waals surface area contributed by atoms with Crippen LogP contribution in [0.3, 0.4) is 0 Å². The van der Waals surface area contributed by atoms with Crippen LogP contribution in [0.2, 0.25) is 0 Å². The summed E-state index contributed by atoms with van der Waals surface area (Å²) in [5, 5.41) is 9.12. The molecule has 1 aromatic carbocycles. The second-order valence-electron chi connectivity index (χ2n) is 3.02. The van der Waals surface area contributed by atoms with E-state index in [-0.39, 0.29) is 5.75 Å². The molecule has 4 heteroatoms. The fourth-order valence-corrected chi connectivity index (χ4v) is 1.31. The predicted molar refractivity (Wildman–Crippen MR) is 45.4 cm³/mol. The Balaban J connectivity index is 2.42. The highest BCUT2D eigenvalue weighted by atomic mass is 16.5. The molecular weight excluding hydrogens is 170 g/mol. The number of rotatable bonds is 0. The Morgan fingerprint density at radius 2 is 2.31 bits per heavy atom. The highest BCUT2D eigenvalue weighted by Crippen LogP contribution is 2.28. The number of esters is 1. The third-order valence-corrected chi connectivity index (χ3v) is 2.00. The first kappa shape index (κ1) is 8.07. The van der Waals surface area contributed by atoms with Gasteiger partial charge in [-0.25, -0.2) is 4.79 Å². The highest BCUT2D eigenvalue weighted by molar-refractivity contribution is 5.80. The minimum absolute atomic E-state index is 0.0852. The van der Waals surface area contributed by atoms with Crippen LogP contribution < -0.4 is 10.5 Å². The molecule has 0 saturated heterocycles. The molecule has 68 valence electrons. The van der Waals surface area contributed by atoms with E-state index in [2.05, 4.69) is 0 Å². The van der Waals surface area contributed by atoms with E-state index in [0.717, 1.165) is 5.56 Å². The molecular formula is C9H9NO3. The summed E-state index contributed by atoms with van der Waals surface area (Å²) < 4.78 is 4.90. The van der Waals surface area contributed by atoms with Gasteiger partial charge in [-0.3, -0.25) is 0 Å². The zero-order chi connectivity index (χ0) is 9.42. The summed E-state index contributed by atoms with van der Waals surface area (Å²) in [6, 6.07) is 4.08. The van der Waals surface area contributed by atoms with Crippen LogP contribution in [-0.2, 0) is 11.2 Å². The van der Waals surface area contributed by atoms with Crippen LogP contribution in [0.15, 0.2) is 18.2 Å². The van der Waals surface area contributed by atoms with Gasteiger partial charge < -0.3 is 15.6 Å². The number of hydrogen-bond acceptors (Lipinski definition) is 4. The number of fused-ring (bicyclic) bond motifs is 1. The maximum atomic E-state index is 11.0. The number of phenolic OH excluding ortho intramolecular Hbond substituents is 1. The molecule has 0 aliphatic carbocycles. The number of carbonyl (C=O) groups is 1. The van der Waals surface area contributed by atoms with E-state index in [0.29, 0.717) is 12.2 Å². The fourth-order valence-electron chi connectivity index (χ4n) is 1.31. The van der Waals surface area contributed by atoms with E-state index in [1.165, 1.54) is 6.07 Å². The number of phenols is 1. The average molecular weight is 179 g/mol.